The second-order valence-electron chi connectivity index (χ2n) is 8.72. The number of thioether (sulfide) groups is 1. The van der Waals surface area contributed by atoms with Gasteiger partial charge in [-0.3, -0.25) is 14.2 Å². The van der Waals surface area contributed by atoms with E-state index in [0.717, 1.165) is 56.0 Å². The number of piperidine rings is 1. The number of rotatable bonds is 7. The van der Waals surface area contributed by atoms with Gasteiger partial charge in [-0.25, -0.2) is 4.98 Å². The highest BCUT2D eigenvalue weighted by molar-refractivity contribution is 7.99. The predicted octanol–water partition coefficient (Wildman–Crippen LogP) is 4.47. The number of nitrogens with one attached hydrogen (secondary N) is 1. The fraction of sp³-hybridized carbons (Fsp3) is 0.500. The van der Waals surface area contributed by atoms with Gasteiger partial charge in [0.25, 0.3) is 5.56 Å². The molecule has 174 valence electrons. The average molecular weight is 484 g/mol. The summed E-state index contributed by atoms with van der Waals surface area (Å²) in [7, 11) is 0. The molecule has 1 aromatic carbocycles. The summed E-state index contributed by atoms with van der Waals surface area (Å²) in [6.45, 7) is 4.58. The molecule has 3 aromatic rings. The molecule has 9 heteroatoms. The number of carbonyl (C=O) groups is 1. The average Bonchev–Trinajstić information content (AvgIpc) is 3.47. The van der Waals surface area contributed by atoms with Crippen molar-refractivity contribution in [2.45, 2.75) is 63.6 Å². The van der Waals surface area contributed by atoms with Crippen LogP contribution in [0.4, 0.5) is 10.8 Å². The highest BCUT2D eigenvalue weighted by Crippen LogP contribution is 2.30. The van der Waals surface area contributed by atoms with E-state index in [4.69, 9.17) is 9.97 Å². The normalized spacial score (nSPS) is 15.7. The minimum Gasteiger partial charge on any atom is -0.348 e. The Morgan fingerprint density at radius 2 is 1.94 bits per heavy atom. The van der Waals surface area contributed by atoms with Crippen LogP contribution in [0.1, 0.15) is 50.2 Å². The molecule has 0 spiro atoms. The molecule has 0 atom stereocenters. The molecule has 33 heavy (non-hydrogen) atoms. The van der Waals surface area contributed by atoms with Crippen LogP contribution >= 0.6 is 23.1 Å². The molecule has 1 amide bonds. The maximum absolute atomic E-state index is 13.2. The first-order valence-corrected chi connectivity index (χ1v) is 13.6. The van der Waals surface area contributed by atoms with Crippen LogP contribution < -0.4 is 15.8 Å². The quantitative estimate of drug-likeness (QED) is 0.394. The molecule has 0 bridgehead atoms. The third kappa shape index (κ3) is 4.80. The molecule has 1 N–H and O–H groups in total. The third-order valence-corrected chi connectivity index (χ3v) is 8.33. The maximum Gasteiger partial charge on any atom is 0.273 e. The first-order valence-electron chi connectivity index (χ1n) is 11.8. The molecule has 1 fully saturated rings. The van der Waals surface area contributed by atoms with Crippen molar-refractivity contribution in [3.05, 3.63) is 39.7 Å². The molecule has 2 aromatic heterocycles. The lowest BCUT2D eigenvalue weighted by molar-refractivity contribution is -0.113. The summed E-state index contributed by atoms with van der Waals surface area (Å²) in [6, 6.07) is 6.17. The van der Waals surface area contributed by atoms with Gasteiger partial charge in [0, 0.05) is 25.3 Å². The lowest BCUT2D eigenvalue weighted by atomic mass is 10.1. The molecule has 1 aliphatic carbocycles. The molecule has 5 rings (SSSR count). The van der Waals surface area contributed by atoms with E-state index in [1.807, 2.05) is 13.0 Å². The van der Waals surface area contributed by atoms with E-state index in [1.54, 1.807) is 4.57 Å². The van der Waals surface area contributed by atoms with Crippen molar-refractivity contribution in [1.29, 1.82) is 0 Å². The van der Waals surface area contributed by atoms with E-state index < -0.39 is 0 Å². The van der Waals surface area contributed by atoms with Gasteiger partial charge in [0.15, 0.2) is 15.9 Å². The van der Waals surface area contributed by atoms with Gasteiger partial charge in [0.05, 0.1) is 5.75 Å². The fourth-order valence-corrected chi connectivity index (χ4v) is 6.42. The Kier molecular flexibility index (Phi) is 6.69. The van der Waals surface area contributed by atoms with Crippen molar-refractivity contribution < 1.29 is 4.79 Å². The standard InChI is InChI=1S/C24H29N5O2S2/c1-2-11-29-22(31)20-21(26-23(33-20)28-12-4-3-5-13-28)27-24(29)32-15-19(30)25-18-10-9-16-7-6-8-17(16)14-18/h9-10,14H,2-8,11-13,15H2,1H3,(H,25,30). The molecule has 7 nitrogen and oxygen atoms in total. The topological polar surface area (TPSA) is 80.1 Å². The summed E-state index contributed by atoms with van der Waals surface area (Å²) in [5.74, 6) is 0.102. The molecular weight excluding hydrogens is 454 g/mol. The largest absolute Gasteiger partial charge is 0.348 e. The molecule has 3 heterocycles. The maximum atomic E-state index is 13.2. The highest BCUT2D eigenvalue weighted by Gasteiger charge is 2.20. The highest BCUT2D eigenvalue weighted by atomic mass is 32.2. The third-order valence-electron chi connectivity index (χ3n) is 6.26. The summed E-state index contributed by atoms with van der Waals surface area (Å²) in [6.07, 6.45) is 7.76. The molecule has 0 saturated carbocycles. The number of carbonyl (C=O) groups excluding carboxylic acids is 1. The number of hydrogen-bond acceptors (Lipinski definition) is 7. The second kappa shape index (κ2) is 9.85. The summed E-state index contributed by atoms with van der Waals surface area (Å²) >= 11 is 2.75. The molecule has 0 unspecified atom stereocenters. The number of nitrogens with zero attached hydrogens (tertiary/aromatic N) is 4. The first-order chi connectivity index (χ1) is 16.1. The number of hydrogen-bond donors (Lipinski definition) is 1. The number of fused-ring (bicyclic) bond motifs is 2. The monoisotopic (exact) mass is 483 g/mol. The summed E-state index contributed by atoms with van der Waals surface area (Å²) in [5, 5.41) is 4.44. The van der Waals surface area contributed by atoms with E-state index in [1.165, 1.54) is 47.1 Å². The van der Waals surface area contributed by atoms with Crippen LogP contribution in [0.3, 0.4) is 0 Å². The minimum atomic E-state index is -0.0948. The van der Waals surface area contributed by atoms with Gasteiger partial charge in [-0.05, 0) is 68.2 Å². The number of aryl methyl sites for hydroxylation is 2. The lowest BCUT2D eigenvalue weighted by Gasteiger charge is -2.25. The second-order valence-corrected chi connectivity index (χ2v) is 10.6. The van der Waals surface area contributed by atoms with Gasteiger partial charge < -0.3 is 10.2 Å². The van der Waals surface area contributed by atoms with Crippen molar-refractivity contribution >= 4 is 50.2 Å². The SMILES string of the molecule is CCCn1c(SCC(=O)Nc2ccc3c(c2)CCC3)nc2nc(N3CCCCC3)sc2c1=O. The zero-order valence-electron chi connectivity index (χ0n) is 18.9. The fourth-order valence-electron chi connectivity index (χ4n) is 4.60. The summed E-state index contributed by atoms with van der Waals surface area (Å²) in [4.78, 5) is 37.6. The van der Waals surface area contributed by atoms with Crippen molar-refractivity contribution in [2.75, 3.05) is 29.1 Å². The Morgan fingerprint density at radius 1 is 1.12 bits per heavy atom. The van der Waals surface area contributed by atoms with Gasteiger partial charge in [0.1, 0.15) is 4.70 Å². The van der Waals surface area contributed by atoms with Crippen LogP contribution in [-0.2, 0) is 24.2 Å². The smallest absolute Gasteiger partial charge is 0.273 e. The Bertz CT molecular complexity index is 1230. The Hall–Kier alpha value is -2.39. The van der Waals surface area contributed by atoms with E-state index in [-0.39, 0.29) is 17.2 Å². The van der Waals surface area contributed by atoms with Crippen LogP contribution in [-0.4, -0.2) is 39.3 Å². The van der Waals surface area contributed by atoms with E-state index in [9.17, 15) is 9.59 Å². The number of amides is 1. The Labute approximate surface area is 201 Å². The van der Waals surface area contributed by atoms with Gasteiger partial charge in [0.2, 0.25) is 5.91 Å². The molecule has 0 radical (unpaired) electrons. The zero-order chi connectivity index (χ0) is 22.8. The minimum absolute atomic E-state index is 0.0517. The van der Waals surface area contributed by atoms with Crippen LogP contribution in [0, 0.1) is 0 Å². The molecule has 1 aliphatic heterocycles. The van der Waals surface area contributed by atoms with E-state index >= 15 is 0 Å². The van der Waals surface area contributed by atoms with Gasteiger partial charge in [-0.1, -0.05) is 36.1 Å². The van der Waals surface area contributed by atoms with Crippen molar-refractivity contribution in [3.63, 3.8) is 0 Å². The van der Waals surface area contributed by atoms with Crippen LogP contribution in [0.25, 0.3) is 10.3 Å². The number of aromatic nitrogens is 3. The van der Waals surface area contributed by atoms with E-state index in [0.29, 0.717) is 22.0 Å². The Balaban J connectivity index is 1.34. The van der Waals surface area contributed by atoms with Gasteiger partial charge in [-0.2, -0.15) is 4.98 Å². The molecular formula is C24H29N5O2S2. The van der Waals surface area contributed by atoms with Crippen LogP contribution in [0.15, 0.2) is 28.2 Å². The predicted molar refractivity (Wildman–Crippen MR) is 136 cm³/mol. The van der Waals surface area contributed by atoms with E-state index in [2.05, 4.69) is 22.3 Å². The zero-order valence-corrected chi connectivity index (χ0v) is 20.6. The van der Waals surface area contributed by atoms with Crippen molar-refractivity contribution in [3.8, 4) is 0 Å². The molecule has 2 aliphatic rings. The number of thiazole rings is 1. The lowest BCUT2D eigenvalue weighted by Crippen LogP contribution is -2.29. The van der Waals surface area contributed by atoms with Crippen LogP contribution in [0.2, 0.25) is 0 Å². The number of anilines is 2. The summed E-state index contributed by atoms with van der Waals surface area (Å²) in [5.41, 5.74) is 4.00. The van der Waals surface area contributed by atoms with Crippen molar-refractivity contribution in [1.82, 2.24) is 14.5 Å². The van der Waals surface area contributed by atoms with Gasteiger partial charge >= 0.3 is 0 Å². The van der Waals surface area contributed by atoms with Gasteiger partial charge in [-0.15, -0.1) is 0 Å². The Morgan fingerprint density at radius 3 is 2.76 bits per heavy atom. The number of benzene rings is 1. The van der Waals surface area contributed by atoms with Crippen molar-refractivity contribution in [2.24, 2.45) is 0 Å². The molecule has 1 saturated heterocycles. The first kappa shape index (κ1) is 22.4. The van der Waals surface area contributed by atoms with Crippen LogP contribution in [0.5, 0.6) is 0 Å². The summed E-state index contributed by atoms with van der Waals surface area (Å²) < 4.78 is 2.31.